The van der Waals surface area contributed by atoms with Crippen LogP contribution in [0.25, 0.3) is 0 Å². The summed E-state index contributed by atoms with van der Waals surface area (Å²) >= 11 is 5.76. The van der Waals surface area contributed by atoms with E-state index in [2.05, 4.69) is 36.2 Å². The van der Waals surface area contributed by atoms with Gasteiger partial charge in [-0.15, -0.1) is 0 Å². The van der Waals surface area contributed by atoms with Gasteiger partial charge in [-0.05, 0) is 42.0 Å². The van der Waals surface area contributed by atoms with Crippen molar-refractivity contribution in [1.82, 2.24) is 4.98 Å². The third-order valence-electron chi connectivity index (χ3n) is 3.05. The van der Waals surface area contributed by atoms with Crippen molar-refractivity contribution in [2.45, 2.75) is 32.6 Å². The van der Waals surface area contributed by atoms with Gasteiger partial charge >= 0.3 is 0 Å². The van der Waals surface area contributed by atoms with Crippen molar-refractivity contribution < 1.29 is 0 Å². The van der Waals surface area contributed by atoms with Crippen LogP contribution in [-0.2, 0) is 19.3 Å². The van der Waals surface area contributed by atoms with Crippen LogP contribution in [-0.4, -0.2) is 4.98 Å². The quantitative estimate of drug-likeness (QED) is 0.722. The topological polar surface area (TPSA) is 12.9 Å². The molecule has 0 aliphatic carbocycles. The van der Waals surface area contributed by atoms with Crippen molar-refractivity contribution in [3.8, 4) is 0 Å². The summed E-state index contributed by atoms with van der Waals surface area (Å²) in [4.78, 5) is 4.10. The number of rotatable bonds is 5. The summed E-state index contributed by atoms with van der Waals surface area (Å²) in [5.41, 5.74) is 4.04. The van der Waals surface area contributed by atoms with E-state index in [1.54, 1.807) is 0 Å². The molecule has 0 aliphatic heterocycles. The summed E-state index contributed by atoms with van der Waals surface area (Å²) in [6.07, 6.45) is 6.29. The summed E-state index contributed by atoms with van der Waals surface area (Å²) in [5.74, 6) is 0. The van der Waals surface area contributed by atoms with Crippen molar-refractivity contribution in [1.29, 1.82) is 0 Å². The molecule has 0 atom stereocenters. The molecule has 2 rings (SSSR count). The van der Waals surface area contributed by atoms with Gasteiger partial charge in [0.1, 0.15) is 5.15 Å². The minimum absolute atomic E-state index is 0.558. The standard InChI is InChI=1S/C16H18ClN/c1-2-3-13-4-6-14(7-5-13)8-9-15-10-11-16(17)18-12-15/h4-7,10-12H,2-3,8-9H2,1H3. The first-order valence-corrected chi connectivity index (χ1v) is 6.84. The number of aryl methyl sites for hydroxylation is 3. The second-order valence-electron chi connectivity index (χ2n) is 4.56. The molecule has 1 nitrogen and oxygen atoms in total. The zero-order valence-corrected chi connectivity index (χ0v) is 11.5. The van der Waals surface area contributed by atoms with E-state index in [1.165, 1.54) is 29.5 Å². The molecule has 0 bridgehead atoms. The second-order valence-corrected chi connectivity index (χ2v) is 4.94. The molecule has 0 unspecified atom stereocenters. The monoisotopic (exact) mass is 259 g/mol. The van der Waals surface area contributed by atoms with Crippen LogP contribution in [0.2, 0.25) is 5.15 Å². The Morgan fingerprint density at radius 1 is 0.833 bits per heavy atom. The lowest BCUT2D eigenvalue weighted by Gasteiger charge is -2.04. The van der Waals surface area contributed by atoms with Crippen molar-refractivity contribution in [2.75, 3.05) is 0 Å². The van der Waals surface area contributed by atoms with Crippen molar-refractivity contribution >= 4 is 11.6 Å². The highest BCUT2D eigenvalue weighted by molar-refractivity contribution is 6.29. The number of nitrogens with zero attached hydrogens (tertiary/aromatic N) is 1. The van der Waals surface area contributed by atoms with Gasteiger partial charge in [-0.25, -0.2) is 4.98 Å². The first-order valence-electron chi connectivity index (χ1n) is 6.46. The Hall–Kier alpha value is -1.34. The molecular weight excluding hydrogens is 242 g/mol. The van der Waals surface area contributed by atoms with E-state index >= 15 is 0 Å². The number of hydrogen-bond acceptors (Lipinski definition) is 1. The molecule has 2 heteroatoms. The van der Waals surface area contributed by atoms with Crippen LogP contribution in [0, 0.1) is 0 Å². The zero-order chi connectivity index (χ0) is 12.8. The SMILES string of the molecule is CCCc1ccc(CCc2ccc(Cl)nc2)cc1. The van der Waals surface area contributed by atoms with Gasteiger partial charge in [-0.3, -0.25) is 0 Å². The van der Waals surface area contributed by atoms with Crippen LogP contribution in [0.3, 0.4) is 0 Å². The first-order chi connectivity index (χ1) is 8.78. The van der Waals surface area contributed by atoms with Crippen molar-refractivity contribution in [3.05, 3.63) is 64.4 Å². The van der Waals surface area contributed by atoms with E-state index in [9.17, 15) is 0 Å². The van der Waals surface area contributed by atoms with Gasteiger partial charge in [0.15, 0.2) is 0 Å². The fourth-order valence-electron chi connectivity index (χ4n) is 2.00. The van der Waals surface area contributed by atoms with Crippen LogP contribution in [0.5, 0.6) is 0 Å². The highest BCUT2D eigenvalue weighted by Gasteiger charge is 1.98. The minimum Gasteiger partial charge on any atom is -0.244 e. The maximum atomic E-state index is 5.76. The van der Waals surface area contributed by atoms with Gasteiger partial charge in [0.2, 0.25) is 0 Å². The van der Waals surface area contributed by atoms with E-state index < -0.39 is 0 Å². The first kappa shape index (κ1) is 13.1. The molecule has 1 aromatic carbocycles. The number of pyridine rings is 1. The molecule has 0 saturated carbocycles. The van der Waals surface area contributed by atoms with Crippen LogP contribution in [0.15, 0.2) is 42.6 Å². The van der Waals surface area contributed by atoms with Crippen LogP contribution >= 0.6 is 11.6 Å². The second kappa shape index (κ2) is 6.55. The molecule has 0 saturated heterocycles. The summed E-state index contributed by atoms with van der Waals surface area (Å²) in [6, 6.07) is 12.8. The molecular formula is C16H18ClN. The zero-order valence-electron chi connectivity index (χ0n) is 10.7. The number of hydrogen-bond donors (Lipinski definition) is 0. The van der Waals surface area contributed by atoms with Crippen LogP contribution in [0.4, 0.5) is 0 Å². The predicted octanol–water partition coefficient (Wildman–Crippen LogP) is 4.47. The molecule has 0 fully saturated rings. The van der Waals surface area contributed by atoms with Gasteiger partial charge in [0.25, 0.3) is 0 Å². The third kappa shape index (κ3) is 3.85. The summed E-state index contributed by atoms with van der Waals surface area (Å²) in [6.45, 7) is 2.21. The molecule has 2 aromatic rings. The number of aromatic nitrogens is 1. The summed E-state index contributed by atoms with van der Waals surface area (Å²) < 4.78 is 0. The molecule has 0 aliphatic rings. The average molecular weight is 260 g/mol. The van der Waals surface area contributed by atoms with E-state index in [-0.39, 0.29) is 0 Å². The van der Waals surface area contributed by atoms with Gasteiger partial charge in [-0.1, -0.05) is 55.3 Å². The van der Waals surface area contributed by atoms with Crippen LogP contribution in [0.1, 0.15) is 30.0 Å². The fraction of sp³-hybridized carbons (Fsp3) is 0.312. The van der Waals surface area contributed by atoms with Crippen molar-refractivity contribution in [3.63, 3.8) is 0 Å². The normalized spacial score (nSPS) is 10.6. The Labute approximate surface area is 114 Å². The average Bonchev–Trinajstić information content (AvgIpc) is 2.40. The molecule has 1 heterocycles. The Bertz CT molecular complexity index is 473. The lowest BCUT2D eigenvalue weighted by molar-refractivity contribution is 0.913. The lowest BCUT2D eigenvalue weighted by Crippen LogP contribution is -1.93. The lowest BCUT2D eigenvalue weighted by atomic mass is 10.0. The molecule has 0 spiro atoms. The van der Waals surface area contributed by atoms with E-state index in [1.807, 2.05) is 18.3 Å². The predicted molar refractivity (Wildman–Crippen MR) is 77.1 cm³/mol. The van der Waals surface area contributed by atoms with Gasteiger partial charge < -0.3 is 0 Å². The number of halogens is 1. The maximum absolute atomic E-state index is 5.76. The van der Waals surface area contributed by atoms with E-state index in [4.69, 9.17) is 11.6 Å². The van der Waals surface area contributed by atoms with Gasteiger partial charge in [0, 0.05) is 6.20 Å². The maximum Gasteiger partial charge on any atom is 0.129 e. The molecule has 0 radical (unpaired) electrons. The minimum atomic E-state index is 0.558. The largest absolute Gasteiger partial charge is 0.244 e. The Morgan fingerprint density at radius 3 is 1.94 bits per heavy atom. The van der Waals surface area contributed by atoms with Gasteiger partial charge in [-0.2, -0.15) is 0 Å². The van der Waals surface area contributed by atoms with Crippen LogP contribution < -0.4 is 0 Å². The molecule has 0 N–H and O–H groups in total. The third-order valence-corrected chi connectivity index (χ3v) is 3.28. The van der Waals surface area contributed by atoms with E-state index in [0.29, 0.717) is 5.15 Å². The Kier molecular flexibility index (Phi) is 4.77. The van der Waals surface area contributed by atoms with Crippen molar-refractivity contribution in [2.24, 2.45) is 0 Å². The molecule has 94 valence electrons. The Morgan fingerprint density at radius 2 is 1.39 bits per heavy atom. The smallest absolute Gasteiger partial charge is 0.129 e. The highest BCUT2D eigenvalue weighted by Crippen LogP contribution is 2.11. The highest BCUT2D eigenvalue weighted by atomic mass is 35.5. The molecule has 18 heavy (non-hydrogen) atoms. The fourth-order valence-corrected chi connectivity index (χ4v) is 2.12. The van der Waals surface area contributed by atoms with E-state index in [0.717, 1.165) is 12.8 Å². The summed E-state index contributed by atoms with van der Waals surface area (Å²) in [5, 5.41) is 0.558. The summed E-state index contributed by atoms with van der Waals surface area (Å²) in [7, 11) is 0. The van der Waals surface area contributed by atoms with Gasteiger partial charge in [0.05, 0.1) is 0 Å². The molecule has 0 amide bonds. The Balaban J connectivity index is 1.91. The number of benzene rings is 1. The molecule has 1 aromatic heterocycles.